The highest BCUT2D eigenvalue weighted by molar-refractivity contribution is 6.31. The van der Waals surface area contributed by atoms with Crippen LogP contribution in [-0.4, -0.2) is 46.5 Å². The summed E-state index contributed by atoms with van der Waals surface area (Å²) >= 11 is 0. The normalized spacial score (nSPS) is 11.3. The van der Waals surface area contributed by atoms with Gasteiger partial charge in [-0.25, -0.2) is 9.59 Å². The van der Waals surface area contributed by atoms with Gasteiger partial charge in [-0.1, -0.05) is 42.5 Å². The van der Waals surface area contributed by atoms with Crippen LogP contribution in [0.1, 0.15) is 15.9 Å². The summed E-state index contributed by atoms with van der Waals surface area (Å²) in [5.41, 5.74) is 1.09. The highest BCUT2D eigenvalue weighted by Crippen LogP contribution is 2.14. The molecule has 2 aromatic carbocycles. The van der Waals surface area contributed by atoms with Crippen LogP contribution in [0.15, 0.2) is 54.6 Å². The number of ether oxygens (including phenoxy) is 1. The minimum Gasteiger partial charge on any atom is -0.485 e. The maximum atomic E-state index is 12.0. The van der Waals surface area contributed by atoms with E-state index in [2.05, 4.69) is 0 Å². The van der Waals surface area contributed by atoms with E-state index in [0.29, 0.717) is 16.9 Å². The molecule has 0 unspecified atom stereocenters. The maximum Gasteiger partial charge on any atom is 0.394 e. The highest BCUT2D eigenvalue weighted by atomic mass is 16.5. The number of hydrogen-bond acceptors (Lipinski definition) is 5. The third-order valence-electron chi connectivity index (χ3n) is 3.63. The summed E-state index contributed by atoms with van der Waals surface area (Å²) in [7, 11) is 0. The predicted octanol–water partition coefficient (Wildman–Crippen LogP) is 1.14. The second-order valence-electron chi connectivity index (χ2n) is 5.60. The SMILES string of the molecule is O=C(O)C(=O)N[C@H](Cc1ccc(OCC(=O)c2ccccc2)cc1)C(=O)O. The lowest BCUT2D eigenvalue weighted by Gasteiger charge is -2.13. The van der Waals surface area contributed by atoms with Gasteiger partial charge in [-0.3, -0.25) is 9.59 Å². The second-order valence-corrected chi connectivity index (χ2v) is 5.60. The van der Waals surface area contributed by atoms with Gasteiger partial charge in [0.05, 0.1) is 0 Å². The monoisotopic (exact) mass is 371 g/mol. The van der Waals surface area contributed by atoms with Gasteiger partial charge in [-0.2, -0.15) is 0 Å². The van der Waals surface area contributed by atoms with Crippen molar-refractivity contribution in [2.45, 2.75) is 12.5 Å². The molecule has 3 N–H and O–H groups in total. The number of carboxylic acids is 2. The number of ketones is 1. The summed E-state index contributed by atoms with van der Waals surface area (Å²) in [5, 5.41) is 19.6. The topological polar surface area (TPSA) is 130 Å². The minimum absolute atomic E-state index is 0.0996. The quantitative estimate of drug-likeness (QED) is 0.469. The smallest absolute Gasteiger partial charge is 0.394 e. The van der Waals surface area contributed by atoms with Gasteiger partial charge in [0.2, 0.25) is 0 Å². The van der Waals surface area contributed by atoms with E-state index in [1.54, 1.807) is 54.6 Å². The lowest BCUT2D eigenvalue weighted by molar-refractivity contribution is -0.152. The van der Waals surface area contributed by atoms with Gasteiger partial charge >= 0.3 is 17.8 Å². The Bertz CT molecular complexity index is 831. The molecule has 8 nitrogen and oxygen atoms in total. The molecule has 8 heteroatoms. The van der Waals surface area contributed by atoms with E-state index in [4.69, 9.17) is 14.9 Å². The van der Waals surface area contributed by atoms with Crippen LogP contribution < -0.4 is 10.1 Å². The van der Waals surface area contributed by atoms with Gasteiger partial charge in [0.1, 0.15) is 11.8 Å². The molecule has 0 bridgehead atoms. The summed E-state index contributed by atoms with van der Waals surface area (Å²) in [5.74, 6) is -4.25. The number of nitrogens with one attached hydrogen (secondary N) is 1. The largest absolute Gasteiger partial charge is 0.485 e. The standard InChI is InChI=1S/C19H17NO7/c21-16(13-4-2-1-3-5-13)11-27-14-8-6-12(7-9-14)10-15(18(23)24)20-17(22)19(25)26/h1-9,15H,10-11H2,(H,20,22)(H,23,24)(H,25,26)/t15-/m1/s1. The van der Waals surface area contributed by atoms with Crippen molar-refractivity contribution in [3.05, 3.63) is 65.7 Å². The first-order chi connectivity index (χ1) is 12.9. The van der Waals surface area contributed by atoms with E-state index in [0.717, 1.165) is 0 Å². The predicted molar refractivity (Wildman–Crippen MR) is 93.6 cm³/mol. The summed E-state index contributed by atoms with van der Waals surface area (Å²) < 4.78 is 5.41. The van der Waals surface area contributed by atoms with Crippen molar-refractivity contribution < 1.29 is 34.1 Å². The number of hydrogen-bond donors (Lipinski definition) is 3. The number of amides is 1. The number of carboxylic acid groups (broad SMARTS) is 2. The average molecular weight is 371 g/mol. The van der Waals surface area contributed by atoms with Crippen LogP contribution in [0.2, 0.25) is 0 Å². The number of Topliss-reactive ketones (excluding diaryl/α,β-unsaturated/α-hetero) is 1. The highest BCUT2D eigenvalue weighted by Gasteiger charge is 2.23. The molecule has 1 amide bonds. The molecule has 0 spiro atoms. The summed E-state index contributed by atoms with van der Waals surface area (Å²) in [4.78, 5) is 44.8. The number of carbonyl (C=O) groups is 4. The zero-order valence-corrected chi connectivity index (χ0v) is 14.1. The molecular weight excluding hydrogens is 354 g/mol. The number of carbonyl (C=O) groups excluding carboxylic acids is 2. The van der Waals surface area contributed by atoms with Crippen LogP contribution in [-0.2, 0) is 20.8 Å². The Morgan fingerprint density at radius 1 is 0.926 bits per heavy atom. The molecule has 2 aromatic rings. The van der Waals surface area contributed by atoms with Gasteiger partial charge in [0.25, 0.3) is 0 Å². The van der Waals surface area contributed by atoms with Crippen molar-refractivity contribution in [3.63, 3.8) is 0 Å². The fourth-order valence-electron chi connectivity index (χ4n) is 2.23. The van der Waals surface area contributed by atoms with Crippen molar-refractivity contribution >= 4 is 23.6 Å². The van der Waals surface area contributed by atoms with Gasteiger partial charge in [0, 0.05) is 12.0 Å². The Hall–Kier alpha value is -3.68. The Balaban J connectivity index is 1.93. The third-order valence-corrected chi connectivity index (χ3v) is 3.63. The van der Waals surface area contributed by atoms with Crippen molar-refractivity contribution in [2.75, 3.05) is 6.61 Å². The lowest BCUT2D eigenvalue weighted by atomic mass is 10.1. The maximum absolute atomic E-state index is 12.0. The molecule has 0 radical (unpaired) electrons. The first-order valence-corrected chi connectivity index (χ1v) is 7.93. The molecule has 27 heavy (non-hydrogen) atoms. The number of rotatable bonds is 8. The van der Waals surface area contributed by atoms with E-state index in [1.807, 2.05) is 5.32 Å². The zero-order valence-electron chi connectivity index (χ0n) is 14.1. The molecule has 0 aromatic heterocycles. The fraction of sp³-hybridized carbons (Fsp3) is 0.158. The molecule has 1 atom stereocenters. The first kappa shape index (κ1) is 19.6. The van der Waals surface area contributed by atoms with Crippen molar-refractivity contribution in [1.29, 1.82) is 0 Å². The van der Waals surface area contributed by atoms with E-state index in [1.165, 1.54) is 0 Å². The van der Waals surface area contributed by atoms with Crippen molar-refractivity contribution in [2.24, 2.45) is 0 Å². The van der Waals surface area contributed by atoms with E-state index < -0.39 is 23.9 Å². The third kappa shape index (κ3) is 5.96. The van der Waals surface area contributed by atoms with Gasteiger partial charge in [-0.05, 0) is 17.7 Å². The first-order valence-electron chi connectivity index (χ1n) is 7.93. The van der Waals surface area contributed by atoms with Gasteiger partial charge in [0.15, 0.2) is 12.4 Å². The lowest BCUT2D eigenvalue weighted by Crippen LogP contribution is -2.45. The van der Waals surface area contributed by atoms with Crippen LogP contribution in [0.25, 0.3) is 0 Å². The van der Waals surface area contributed by atoms with Crippen LogP contribution in [0.5, 0.6) is 5.75 Å². The molecular formula is C19H17NO7. The van der Waals surface area contributed by atoms with Gasteiger partial charge < -0.3 is 20.3 Å². The van der Waals surface area contributed by atoms with Crippen molar-refractivity contribution in [1.82, 2.24) is 5.32 Å². The molecule has 140 valence electrons. The summed E-state index contributed by atoms with van der Waals surface area (Å²) in [6, 6.07) is 13.6. The zero-order chi connectivity index (χ0) is 19.8. The van der Waals surface area contributed by atoms with Crippen molar-refractivity contribution in [3.8, 4) is 5.75 Å². The molecule has 0 saturated heterocycles. The molecule has 2 rings (SSSR count). The van der Waals surface area contributed by atoms with Crippen LogP contribution in [0.4, 0.5) is 0 Å². The van der Waals surface area contributed by atoms with Crippen LogP contribution >= 0.6 is 0 Å². The second kappa shape index (κ2) is 9.14. The molecule has 0 aliphatic carbocycles. The molecule has 0 saturated carbocycles. The average Bonchev–Trinajstić information content (AvgIpc) is 2.67. The Morgan fingerprint density at radius 3 is 2.11 bits per heavy atom. The number of aliphatic carboxylic acids is 2. The molecule has 0 heterocycles. The minimum atomic E-state index is -1.76. The Kier molecular flexibility index (Phi) is 6.65. The Morgan fingerprint density at radius 2 is 1.56 bits per heavy atom. The van der Waals surface area contributed by atoms with Crippen LogP contribution in [0, 0.1) is 0 Å². The molecule has 0 aliphatic heterocycles. The molecule has 0 fully saturated rings. The van der Waals surface area contributed by atoms with E-state index in [-0.39, 0.29) is 18.8 Å². The molecule has 0 aliphatic rings. The van der Waals surface area contributed by atoms with E-state index in [9.17, 15) is 19.2 Å². The van der Waals surface area contributed by atoms with Gasteiger partial charge in [-0.15, -0.1) is 0 Å². The van der Waals surface area contributed by atoms with E-state index >= 15 is 0 Å². The summed E-state index contributed by atoms with van der Waals surface area (Å²) in [6.45, 7) is -0.143. The van der Waals surface area contributed by atoms with Crippen LogP contribution in [0.3, 0.4) is 0 Å². The Labute approximate surface area is 154 Å². The fourth-order valence-corrected chi connectivity index (χ4v) is 2.23. The number of benzene rings is 2. The summed E-state index contributed by atoms with van der Waals surface area (Å²) in [6.07, 6.45) is -0.0996.